The van der Waals surface area contributed by atoms with Crippen LogP contribution in [0.3, 0.4) is 0 Å². The summed E-state index contributed by atoms with van der Waals surface area (Å²) < 4.78 is 90.2. The quantitative estimate of drug-likeness (QED) is 0.384. The smallest absolute Gasteiger partial charge is 0.475 e. The van der Waals surface area contributed by atoms with Gasteiger partial charge in [-0.3, -0.25) is 4.79 Å². The number of carbonyl (C=O) groups excluding carboxylic acids is 1. The average molecular weight is 527 g/mol. The van der Waals surface area contributed by atoms with Crippen LogP contribution in [0.1, 0.15) is 15.9 Å². The number of aromatic nitrogens is 1. The van der Waals surface area contributed by atoms with Crippen molar-refractivity contribution in [3.8, 4) is 0 Å². The first kappa shape index (κ1) is 29.2. The van der Waals surface area contributed by atoms with Gasteiger partial charge in [0.2, 0.25) is 0 Å². The van der Waals surface area contributed by atoms with Crippen molar-refractivity contribution >= 4 is 39.2 Å². The number of alkyl halides is 6. The summed E-state index contributed by atoms with van der Waals surface area (Å²) in [6, 6.07) is 13.3. The lowest BCUT2D eigenvalue weighted by Gasteiger charge is -2.07. The van der Waals surface area contributed by atoms with Gasteiger partial charge in [0.1, 0.15) is 0 Å². The third-order valence-corrected chi connectivity index (χ3v) is 5.62. The Morgan fingerprint density at radius 3 is 1.71 bits per heavy atom. The number of aldehydes is 1. The normalized spacial score (nSPS) is 11.5. The van der Waals surface area contributed by atoms with E-state index < -0.39 is 34.3 Å². The number of fused-ring (bicyclic) bond motifs is 1. The van der Waals surface area contributed by atoms with E-state index in [1.807, 2.05) is 0 Å². The van der Waals surface area contributed by atoms with E-state index in [1.165, 1.54) is 3.97 Å². The molecule has 1 heterocycles. The average Bonchev–Trinajstić information content (AvgIpc) is 3.11. The van der Waals surface area contributed by atoms with Gasteiger partial charge >= 0.3 is 24.3 Å². The molecule has 8 nitrogen and oxygen atoms in total. The van der Waals surface area contributed by atoms with E-state index in [1.54, 1.807) is 61.7 Å². The summed E-state index contributed by atoms with van der Waals surface area (Å²) in [5, 5.41) is 14.9. The van der Waals surface area contributed by atoms with E-state index in [2.05, 4.69) is 0 Å². The van der Waals surface area contributed by atoms with Gasteiger partial charge in [-0.25, -0.2) is 22.0 Å². The zero-order chi connectivity index (χ0) is 27.2. The molecule has 0 aliphatic rings. The molecule has 35 heavy (non-hydrogen) atoms. The van der Waals surface area contributed by atoms with Crippen LogP contribution in [-0.2, 0) is 19.6 Å². The Bertz CT molecular complexity index is 1290. The SMILES string of the molecule is Cc1cn(S(=O)(=O)c2ccccc2)c2cccc(C=O)c12.O=C(O)C(F)(F)F.O=C(O)C(F)(F)F. The highest BCUT2D eigenvalue weighted by atomic mass is 32.2. The van der Waals surface area contributed by atoms with Gasteiger partial charge in [0, 0.05) is 17.1 Å². The van der Waals surface area contributed by atoms with Crippen LogP contribution >= 0.6 is 0 Å². The molecule has 1 aromatic heterocycles. The van der Waals surface area contributed by atoms with E-state index in [4.69, 9.17) is 19.8 Å². The van der Waals surface area contributed by atoms with Crippen molar-refractivity contribution in [2.75, 3.05) is 0 Å². The van der Waals surface area contributed by atoms with Crippen LogP contribution in [0.15, 0.2) is 59.6 Å². The Morgan fingerprint density at radius 1 is 0.857 bits per heavy atom. The second-order valence-corrected chi connectivity index (χ2v) is 8.21. The number of aryl methyl sites for hydroxylation is 1. The maximum Gasteiger partial charge on any atom is 0.490 e. The van der Waals surface area contributed by atoms with Crippen LogP contribution in [0.25, 0.3) is 10.9 Å². The molecule has 0 saturated heterocycles. The highest BCUT2D eigenvalue weighted by Crippen LogP contribution is 2.27. The summed E-state index contributed by atoms with van der Waals surface area (Å²) in [4.78, 5) is 29.2. The van der Waals surface area contributed by atoms with Crippen molar-refractivity contribution in [1.82, 2.24) is 3.97 Å². The summed E-state index contributed by atoms with van der Waals surface area (Å²) in [7, 11) is -3.67. The molecule has 0 amide bonds. The predicted molar refractivity (Wildman–Crippen MR) is 108 cm³/mol. The Hall–Kier alpha value is -3.88. The first-order valence-corrected chi connectivity index (χ1v) is 10.3. The molecular weight excluding hydrogens is 512 g/mol. The maximum absolute atomic E-state index is 12.7. The van der Waals surface area contributed by atoms with Gasteiger partial charge in [0.05, 0.1) is 10.4 Å². The van der Waals surface area contributed by atoms with Gasteiger partial charge in [-0.05, 0) is 30.7 Å². The van der Waals surface area contributed by atoms with Crippen LogP contribution in [0.4, 0.5) is 26.3 Å². The Kier molecular flexibility index (Phi) is 9.19. The lowest BCUT2D eigenvalue weighted by molar-refractivity contribution is -0.193. The molecule has 0 saturated carbocycles. The van der Waals surface area contributed by atoms with Crippen LogP contribution in [-0.4, -0.2) is 53.2 Å². The van der Waals surface area contributed by atoms with Gasteiger partial charge < -0.3 is 10.2 Å². The van der Waals surface area contributed by atoms with E-state index in [9.17, 15) is 39.6 Å². The standard InChI is InChI=1S/C16H13NO3S.2C2HF3O2/c1-12-10-17(15-9-5-6-13(11-18)16(12)15)21(19,20)14-7-3-2-4-8-14;2*3-2(4,5)1(6)7/h2-11H,1H3;2*(H,6,7). The number of carboxylic acids is 2. The van der Waals surface area contributed by atoms with Crippen molar-refractivity contribution in [3.63, 3.8) is 0 Å². The molecule has 3 aromatic rings. The molecule has 2 aromatic carbocycles. The van der Waals surface area contributed by atoms with Crippen molar-refractivity contribution in [1.29, 1.82) is 0 Å². The van der Waals surface area contributed by atoms with Crippen molar-refractivity contribution in [2.24, 2.45) is 0 Å². The number of aliphatic carboxylic acids is 2. The van der Waals surface area contributed by atoms with Gasteiger partial charge in [0.25, 0.3) is 10.0 Å². The number of hydrogen-bond acceptors (Lipinski definition) is 5. The fourth-order valence-corrected chi connectivity index (χ4v) is 3.92. The molecule has 0 unspecified atom stereocenters. The molecule has 190 valence electrons. The molecule has 0 radical (unpaired) electrons. The van der Waals surface area contributed by atoms with Crippen LogP contribution in [0, 0.1) is 6.92 Å². The Morgan fingerprint density at radius 2 is 1.31 bits per heavy atom. The lowest BCUT2D eigenvalue weighted by atomic mass is 10.1. The third-order valence-electron chi connectivity index (χ3n) is 3.93. The predicted octanol–water partition coefficient (Wildman–Crippen LogP) is 4.27. The Balaban J connectivity index is 0.000000362. The van der Waals surface area contributed by atoms with Crippen LogP contribution in [0.2, 0.25) is 0 Å². The van der Waals surface area contributed by atoms with Gasteiger partial charge in [0.15, 0.2) is 6.29 Å². The lowest BCUT2D eigenvalue weighted by Crippen LogP contribution is -2.21. The van der Waals surface area contributed by atoms with Gasteiger partial charge in [-0.1, -0.05) is 30.3 Å². The monoisotopic (exact) mass is 527 g/mol. The molecule has 0 aliphatic heterocycles. The molecule has 15 heteroatoms. The van der Waals surface area contributed by atoms with E-state index in [0.717, 1.165) is 11.8 Å². The summed E-state index contributed by atoms with van der Waals surface area (Å²) in [6.45, 7) is 1.80. The maximum atomic E-state index is 12.7. The number of benzene rings is 2. The minimum Gasteiger partial charge on any atom is -0.475 e. The zero-order valence-electron chi connectivity index (χ0n) is 17.3. The number of carboxylic acid groups (broad SMARTS) is 2. The fraction of sp³-hybridized carbons (Fsp3) is 0.150. The highest BCUT2D eigenvalue weighted by molar-refractivity contribution is 7.90. The fourth-order valence-electron chi connectivity index (χ4n) is 2.48. The number of hydrogen-bond donors (Lipinski definition) is 2. The molecule has 0 bridgehead atoms. The zero-order valence-corrected chi connectivity index (χ0v) is 18.1. The summed E-state index contributed by atoms with van der Waals surface area (Å²) in [5.74, 6) is -5.51. The third kappa shape index (κ3) is 7.56. The van der Waals surface area contributed by atoms with Gasteiger partial charge in [-0.15, -0.1) is 0 Å². The molecule has 0 aliphatic carbocycles. The largest absolute Gasteiger partial charge is 0.490 e. The second kappa shape index (κ2) is 11.0. The van der Waals surface area contributed by atoms with Crippen LogP contribution in [0.5, 0.6) is 0 Å². The van der Waals surface area contributed by atoms with E-state index >= 15 is 0 Å². The highest BCUT2D eigenvalue weighted by Gasteiger charge is 2.38. The summed E-state index contributed by atoms with van der Waals surface area (Å²) >= 11 is 0. The summed E-state index contributed by atoms with van der Waals surface area (Å²) in [5.41, 5.74) is 1.76. The Labute approximate surface area is 193 Å². The van der Waals surface area contributed by atoms with Crippen molar-refractivity contribution < 1.29 is 59.4 Å². The molecule has 0 atom stereocenters. The van der Waals surface area contributed by atoms with E-state index in [-0.39, 0.29) is 4.90 Å². The minimum absolute atomic E-state index is 0.221. The van der Waals surface area contributed by atoms with Crippen molar-refractivity contribution in [3.05, 3.63) is 65.9 Å². The number of halogens is 6. The number of carbonyl (C=O) groups is 3. The van der Waals surface area contributed by atoms with Crippen LogP contribution < -0.4 is 0 Å². The number of rotatable bonds is 3. The number of nitrogens with zero attached hydrogens (tertiary/aromatic N) is 1. The van der Waals surface area contributed by atoms with Crippen molar-refractivity contribution in [2.45, 2.75) is 24.2 Å². The van der Waals surface area contributed by atoms with E-state index in [0.29, 0.717) is 16.5 Å². The minimum atomic E-state index is -5.08. The molecule has 0 spiro atoms. The molecule has 3 rings (SSSR count). The first-order chi connectivity index (χ1) is 15.9. The topological polar surface area (TPSA) is 131 Å². The first-order valence-electron chi connectivity index (χ1n) is 8.91. The molecular formula is C20H15F6NO7S. The molecule has 0 fully saturated rings. The molecule has 2 N–H and O–H groups in total. The second-order valence-electron chi connectivity index (χ2n) is 6.39. The van der Waals surface area contributed by atoms with Gasteiger partial charge in [-0.2, -0.15) is 26.3 Å². The summed E-state index contributed by atoms with van der Waals surface area (Å²) in [6.07, 6.45) is -7.87.